The van der Waals surface area contributed by atoms with Crippen LogP contribution in [0.3, 0.4) is 0 Å². The van der Waals surface area contributed by atoms with Gasteiger partial charge in [0.25, 0.3) is 0 Å². The maximum atomic E-state index is 12.9. The van der Waals surface area contributed by atoms with Gasteiger partial charge in [0.05, 0.1) is 11.1 Å². The second-order valence-corrected chi connectivity index (χ2v) is 4.42. The lowest BCUT2D eigenvalue weighted by atomic mass is 10.1. The molecular formula is C12H12F3N3O. The van der Waals surface area contributed by atoms with Gasteiger partial charge in [0.15, 0.2) is 11.3 Å². The Kier molecular flexibility index (Phi) is 2.85. The van der Waals surface area contributed by atoms with Crippen molar-refractivity contribution < 1.29 is 17.7 Å². The highest BCUT2D eigenvalue weighted by Gasteiger charge is 2.38. The fraction of sp³-hybridized carbons (Fsp3) is 0.417. The number of anilines is 1. The fourth-order valence-corrected chi connectivity index (χ4v) is 2.34. The summed E-state index contributed by atoms with van der Waals surface area (Å²) in [7, 11) is 0. The first kappa shape index (κ1) is 12.3. The molecule has 1 saturated heterocycles. The van der Waals surface area contributed by atoms with Gasteiger partial charge in [-0.3, -0.25) is 0 Å². The molecule has 0 unspecified atom stereocenters. The Bertz CT molecular complexity index is 587. The molecule has 0 aliphatic carbocycles. The molecule has 3 rings (SSSR count). The smallest absolute Gasteiger partial charge is 0.368 e. The third-order valence-corrected chi connectivity index (χ3v) is 3.20. The molecule has 2 heterocycles. The van der Waals surface area contributed by atoms with E-state index in [1.54, 1.807) is 12.1 Å². The number of alkyl halides is 3. The zero-order valence-corrected chi connectivity index (χ0v) is 10.00. The van der Waals surface area contributed by atoms with Gasteiger partial charge in [0.1, 0.15) is 0 Å². The Morgan fingerprint density at radius 3 is 2.63 bits per heavy atom. The van der Waals surface area contributed by atoms with Crippen molar-refractivity contribution in [2.75, 3.05) is 31.1 Å². The van der Waals surface area contributed by atoms with Crippen molar-refractivity contribution in [3.8, 4) is 0 Å². The van der Waals surface area contributed by atoms with Crippen LogP contribution in [0.5, 0.6) is 0 Å². The average molecular weight is 271 g/mol. The zero-order valence-electron chi connectivity index (χ0n) is 10.00. The minimum atomic E-state index is -4.50. The summed E-state index contributed by atoms with van der Waals surface area (Å²) >= 11 is 0. The molecule has 1 N–H and O–H groups in total. The highest BCUT2D eigenvalue weighted by atomic mass is 19.4. The lowest BCUT2D eigenvalue weighted by Crippen LogP contribution is -2.43. The van der Waals surface area contributed by atoms with E-state index in [1.165, 1.54) is 6.07 Å². The van der Waals surface area contributed by atoms with E-state index in [2.05, 4.69) is 10.5 Å². The van der Waals surface area contributed by atoms with Crippen molar-refractivity contribution in [1.82, 2.24) is 10.5 Å². The van der Waals surface area contributed by atoms with Crippen LogP contribution in [0.25, 0.3) is 11.0 Å². The Balaban J connectivity index is 2.15. The van der Waals surface area contributed by atoms with Gasteiger partial charge in [-0.1, -0.05) is 11.2 Å². The van der Waals surface area contributed by atoms with Crippen molar-refractivity contribution in [1.29, 1.82) is 0 Å². The summed E-state index contributed by atoms with van der Waals surface area (Å²) in [4.78, 5) is 1.92. The van der Waals surface area contributed by atoms with Crippen LogP contribution in [-0.2, 0) is 6.18 Å². The molecule has 1 aromatic heterocycles. The predicted octanol–water partition coefficient (Wildman–Crippen LogP) is 2.26. The number of hydrogen-bond acceptors (Lipinski definition) is 4. The molecule has 19 heavy (non-hydrogen) atoms. The van der Waals surface area contributed by atoms with Gasteiger partial charge in [0.2, 0.25) is 0 Å². The molecule has 0 radical (unpaired) electrons. The Hall–Kier alpha value is -1.76. The number of hydrogen-bond donors (Lipinski definition) is 1. The summed E-state index contributed by atoms with van der Waals surface area (Å²) in [5.41, 5.74) is -0.243. The average Bonchev–Trinajstić information content (AvgIpc) is 2.83. The fourth-order valence-electron chi connectivity index (χ4n) is 2.34. The van der Waals surface area contributed by atoms with E-state index in [-0.39, 0.29) is 11.0 Å². The van der Waals surface area contributed by atoms with Crippen LogP contribution in [0, 0.1) is 0 Å². The second-order valence-electron chi connectivity index (χ2n) is 4.42. The van der Waals surface area contributed by atoms with E-state index in [0.29, 0.717) is 18.8 Å². The van der Waals surface area contributed by atoms with Crippen LogP contribution in [-0.4, -0.2) is 31.3 Å². The van der Waals surface area contributed by atoms with E-state index in [4.69, 9.17) is 4.52 Å². The predicted molar refractivity (Wildman–Crippen MR) is 64.1 cm³/mol. The number of piperazine rings is 1. The Labute approximate surface area is 107 Å². The summed E-state index contributed by atoms with van der Waals surface area (Å²) in [6, 6.07) is 4.87. The van der Waals surface area contributed by atoms with Gasteiger partial charge < -0.3 is 14.7 Å². The maximum absolute atomic E-state index is 12.9. The van der Waals surface area contributed by atoms with Crippen LogP contribution in [0.15, 0.2) is 22.7 Å². The quantitative estimate of drug-likeness (QED) is 0.863. The number of nitrogens with one attached hydrogen (secondary N) is 1. The highest BCUT2D eigenvalue weighted by Crippen LogP contribution is 2.38. The lowest BCUT2D eigenvalue weighted by Gasteiger charge is -2.30. The molecular weight excluding hydrogens is 259 g/mol. The molecule has 1 aliphatic rings. The first-order chi connectivity index (χ1) is 9.07. The van der Waals surface area contributed by atoms with Gasteiger partial charge in [-0.05, 0) is 12.1 Å². The number of nitrogens with zero attached hydrogens (tertiary/aromatic N) is 2. The molecule has 1 aromatic carbocycles. The first-order valence-electron chi connectivity index (χ1n) is 5.98. The molecule has 1 fully saturated rings. The highest BCUT2D eigenvalue weighted by molar-refractivity contribution is 5.93. The Morgan fingerprint density at radius 1 is 1.21 bits per heavy atom. The monoisotopic (exact) mass is 271 g/mol. The van der Waals surface area contributed by atoms with Crippen molar-refractivity contribution in [3.63, 3.8) is 0 Å². The van der Waals surface area contributed by atoms with Crippen LogP contribution >= 0.6 is 0 Å². The largest absolute Gasteiger partial charge is 0.437 e. The van der Waals surface area contributed by atoms with Gasteiger partial charge >= 0.3 is 6.18 Å². The number of halogens is 3. The SMILES string of the molecule is FC(F)(F)c1noc2cccc(N3CCNCC3)c12. The van der Waals surface area contributed by atoms with E-state index >= 15 is 0 Å². The minimum absolute atomic E-state index is 0.0527. The van der Waals surface area contributed by atoms with E-state index in [9.17, 15) is 13.2 Å². The van der Waals surface area contributed by atoms with Crippen molar-refractivity contribution in [2.24, 2.45) is 0 Å². The summed E-state index contributed by atoms with van der Waals surface area (Å²) in [6.45, 7) is 2.84. The summed E-state index contributed by atoms with van der Waals surface area (Å²) in [6.07, 6.45) is -4.50. The number of fused-ring (bicyclic) bond motifs is 1. The number of rotatable bonds is 1. The third-order valence-electron chi connectivity index (χ3n) is 3.20. The van der Waals surface area contributed by atoms with E-state index < -0.39 is 11.9 Å². The van der Waals surface area contributed by atoms with Crippen molar-refractivity contribution in [3.05, 3.63) is 23.9 Å². The summed E-state index contributed by atoms with van der Waals surface area (Å²) < 4.78 is 43.6. The molecule has 0 atom stereocenters. The van der Waals surface area contributed by atoms with Crippen molar-refractivity contribution >= 4 is 16.7 Å². The first-order valence-corrected chi connectivity index (χ1v) is 5.98. The molecule has 7 heteroatoms. The number of benzene rings is 1. The van der Waals surface area contributed by atoms with Crippen LogP contribution in [0.1, 0.15) is 5.69 Å². The van der Waals surface area contributed by atoms with Gasteiger partial charge in [-0.25, -0.2) is 0 Å². The molecule has 4 nitrogen and oxygen atoms in total. The lowest BCUT2D eigenvalue weighted by molar-refractivity contribution is -0.141. The minimum Gasteiger partial charge on any atom is -0.368 e. The number of aromatic nitrogens is 1. The normalized spacial score (nSPS) is 17.1. The van der Waals surface area contributed by atoms with E-state index in [1.807, 2.05) is 4.90 Å². The topological polar surface area (TPSA) is 41.3 Å². The zero-order chi connectivity index (χ0) is 13.5. The third kappa shape index (κ3) is 2.14. The van der Waals surface area contributed by atoms with Crippen LogP contribution in [0.4, 0.5) is 18.9 Å². The van der Waals surface area contributed by atoms with E-state index in [0.717, 1.165) is 13.1 Å². The second kappa shape index (κ2) is 4.41. The summed E-state index contributed by atoms with van der Waals surface area (Å²) in [5.74, 6) is 0. The van der Waals surface area contributed by atoms with Crippen LogP contribution < -0.4 is 10.2 Å². The Morgan fingerprint density at radius 2 is 1.95 bits per heavy atom. The molecule has 1 aliphatic heterocycles. The standard InChI is InChI=1S/C12H12F3N3O/c13-12(14,15)11-10-8(18-6-4-16-5-7-18)2-1-3-9(10)19-17-11/h1-3,16H,4-7H2. The molecule has 0 saturated carbocycles. The van der Waals surface area contributed by atoms with Crippen molar-refractivity contribution in [2.45, 2.75) is 6.18 Å². The van der Waals surface area contributed by atoms with Gasteiger partial charge in [-0.15, -0.1) is 0 Å². The summed E-state index contributed by atoms with van der Waals surface area (Å²) in [5, 5.41) is 6.40. The molecule has 0 spiro atoms. The maximum Gasteiger partial charge on any atom is 0.437 e. The van der Waals surface area contributed by atoms with Crippen LogP contribution in [0.2, 0.25) is 0 Å². The molecule has 2 aromatic rings. The van der Waals surface area contributed by atoms with Gasteiger partial charge in [-0.2, -0.15) is 13.2 Å². The van der Waals surface area contributed by atoms with Gasteiger partial charge in [0, 0.05) is 26.2 Å². The molecule has 0 amide bonds. The molecule has 0 bridgehead atoms. The molecule has 102 valence electrons.